The SMILES string of the molecule is NCC1CCCN(CC2CSc3ccccc32)C1. The maximum absolute atomic E-state index is 5.82. The summed E-state index contributed by atoms with van der Waals surface area (Å²) in [5.41, 5.74) is 7.39. The number of hydrogen-bond donors (Lipinski definition) is 1. The Hall–Kier alpha value is -0.510. The highest BCUT2D eigenvalue weighted by atomic mass is 32.2. The van der Waals surface area contributed by atoms with Gasteiger partial charge in [-0.2, -0.15) is 0 Å². The Bertz CT molecular complexity index is 407. The Morgan fingerprint density at radius 3 is 3.11 bits per heavy atom. The van der Waals surface area contributed by atoms with Crippen LogP contribution in [0.15, 0.2) is 29.2 Å². The van der Waals surface area contributed by atoms with Crippen LogP contribution in [-0.2, 0) is 0 Å². The van der Waals surface area contributed by atoms with Crippen molar-refractivity contribution in [3.8, 4) is 0 Å². The number of piperidine rings is 1. The fourth-order valence-electron chi connectivity index (χ4n) is 3.20. The summed E-state index contributed by atoms with van der Waals surface area (Å²) in [6, 6.07) is 8.90. The van der Waals surface area contributed by atoms with Gasteiger partial charge in [-0.15, -0.1) is 11.8 Å². The van der Waals surface area contributed by atoms with Gasteiger partial charge in [-0.3, -0.25) is 0 Å². The molecule has 0 saturated carbocycles. The Morgan fingerprint density at radius 2 is 2.22 bits per heavy atom. The van der Waals surface area contributed by atoms with Gasteiger partial charge in [0, 0.05) is 29.7 Å². The van der Waals surface area contributed by atoms with E-state index in [1.165, 1.54) is 43.1 Å². The van der Waals surface area contributed by atoms with E-state index in [0.717, 1.165) is 18.4 Å². The van der Waals surface area contributed by atoms with Gasteiger partial charge in [-0.05, 0) is 43.5 Å². The van der Waals surface area contributed by atoms with Crippen LogP contribution in [0.1, 0.15) is 24.3 Å². The van der Waals surface area contributed by atoms with Gasteiger partial charge in [0.25, 0.3) is 0 Å². The lowest BCUT2D eigenvalue weighted by Gasteiger charge is -2.33. The molecule has 1 aromatic carbocycles. The van der Waals surface area contributed by atoms with E-state index >= 15 is 0 Å². The Balaban J connectivity index is 1.64. The smallest absolute Gasteiger partial charge is 0.0108 e. The normalized spacial score (nSPS) is 28.3. The van der Waals surface area contributed by atoms with Crippen LogP contribution < -0.4 is 5.73 Å². The molecule has 1 saturated heterocycles. The molecule has 0 amide bonds. The van der Waals surface area contributed by atoms with Crippen LogP contribution in [0.25, 0.3) is 0 Å². The second-order valence-electron chi connectivity index (χ2n) is 5.55. The van der Waals surface area contributed by atoms with Crippen LogP contribution in [0.5, 0.6) is 0 Å². The van der Waals surface area contributed by atoms with Gasteiger partial charge in [0.05, 0.1) is 0 Å². The number of nitrogens with two attached hydrogens (primary N) is 1. The average molecular weight is 262 g/mol. The van der Waals surface area contributed by atoms with Gasteiger partial charge in [0.2, 0.25) is 0 Å². The quantitative estimate of drug-likeness (QED) is 0.907. The number of rotatable bonds is 3. The van der Waals surface area contributed by atoms with Crippen LogP contribution in [0.2, 0.25) is 0 Å². The molecule has 0 aliphatic carbocycles. The zero-order valence-electron chi connectivity index (χ0n) is 10.8. The summed E-state index contributed by atoms with van der Waals surface area (Å²) in [5, 5.41) is 0. The molecular formula is C15H22N2S. The van der Waals surface area contributed by atoms with Crippen molar-refractivity contribution < 1.29 is 0 Å². The Morgan fingerprint density at radius 1 is 1.33 bits per heavy atom. The van der Waals surface area contributed by atoms with Gasteiger partial charge in [0.15, 0.2) is 0 Å². The molecule has 0 aromatic heterocycles. The number of likely N-dealkylation sites (tertiary alicyclic amines) is 1. The van der Waals surface area contributed by atoms with Crippen molar-refractivity contribution in [2.75, 3.05) is 31.9 Å². The minimum atomic E-state index is 0.725. The van der Waals surface area contributed by atoms with Gasteiger partial charge >= 0.3 is 0 Å². The number of thioether (sulfide) groups is 1. The van der Waals surface area contributed by atoms with Crippen molar-refractivity contribution in [1.82, 2.24) is 4.90 Å². The third kappa shape index (κ3) is 2.58. The third-order valence-corrected chi connectivity index (χ3v) is 5.47. The summed E-state index contributed by atoms with van der Waals surface area (Å²) >= 11 is 2.02. The topological polar surface area (TPSA) is 29.3 Å². The number of nitrogens with zero attached hydrogens (tertiary/aromatic N) is 1. The van der Waals surface area contributed by atoms with Gasteiger partial charge in [0.1, 0.15) is 0 Å². The maximum Gasteiger partial charge on any atom is 0.0108 e. The molecule has 18 heavy (non-hydrogen) atoms. The molecule has 1 aromatic rings. The van der Waals surface area contributed by atoms with Crippen molar-refractivity contribution in [2.24, 2.45) is 11.7 Å². The molecule has 2 heterocycles. The van der Waals surface area contributed by atoms with E-state index in [4.69, 9.17) is 5.73 Å². The highest BCUT2D eigenvalue weighted by molar-refractivity contribution is 7.99. The van der Waals surface area contributed by atoms with Crippen LogP contribution in [0.3, 0.4) is 0 Å². The number of benzene rings is 1. The molecule has 0 spiro atoms. The first-order valence-corrected chi connectivity index (χ1v) is 7.99. The minimum Gasteiger partial charge on any atom is -0.330 e. The second-order valence-corrected chi connectivity index (χ2v) is 6.61. The first kappa shape index (κ1) is 12.5. The predicted octanol–water partition coefficient (Wildman–Crippen LogP) is 2.55. The zero-order chi connectivity index (χ0) is 12.4. The van der Waals surface area contributed by atoms with Crippen LogP contribution in [0.4, 0.5) is 0 Å². The fourth-order valence-corrected chi connectivity index (χ4v) is 4.44. The molecule has 0 bridgehead atoms. The molecule has 2 N–H and O–H groups in total. The average Bonchev–Trinajstić information content (AvgIpc) is 2.83. The fraction of sp³-hybridized carbons (Fsp3) is 0.600. The van der Waals surface area contributed by atoms with Crippen molar-refractivity contribution in [3.63, 3.8) is 0 Å². The van der Waals surface area contributed by atoms with E-state index in [1.54, 1.807) is 5.56 Å². The van der Waals surface area contributed by atoms with Crippen molar-refractivity contribution in [1.29, 1.82) is 0 Å². The van der Waals surface area contributed by atoms with E-state index in [-0.39, 0.29) is 0 Å². The molecular weight excluding hydrogens is 240 g/mol. The third-order valence-electron chi connectivity index (χ3n) is 4.21. The molecule has 2 unspecified atom stereocenters. The standard InChI is InChI=1S/C15H22N2S/c16-8-12-4-3-7-17(9-12)10-13-11-18-15-6-2-1-5-14(13)15/h1-2,5-6,12-13H,3-4,7-11,16H2. The first-order chi connectivity index (χ1) is 8.86. The van der Waals surface area contributed by atoms with Crippen molar-refractivity contribution in [2.45, 2.75) is 23.7 Å². The molecule has 3 rings (SSSR count). The van der Waals surface area contributed by atoms with Gasteiger partial charge < -0.3 is 10.6 Å². The second kappa shape index (κ2) is 5.64. The largest absolute Gasteiger partial charge is 0.330 e. The van der Waals surface area contributed by atoms with E-state index in [1.807, 2.05) is 11.8 Å². The van der Waals surface area contributed by atoms with Gasteiger partial charge in [-0.25, -0.2) is 0 Å². The first-order valence-electron chi connectivity index (χ1n) is 7.01. The lowest BCUT2D eigenvalue weighted by molar-refractivity contribution is 0.172. The summed E-state index contributed by atoms with van der Waals surface area (Å²) in [5.74, 6) is 2.70. The Labute approximate surface area is 114 Å². The van der Waals surface area contributed by atoms with E-state index in [9.17, 15) is 0 Å². The van der Waals surface area contributed by atoms with Crippen molar-refractivity contribution in [3.05, 3.63) is 29.8 Å². The molecule has 2 nitrogen and oxygen atoms in total. The Kier molecular flexibility index (Phi) is 3.92. The molecule has 0 radical (unpaired) electrons. The lowest BCUT2D eigenvalue weighted by atomic mass is 9.95. The van der Waals surface area contributed by atoms with E-state index in [0.29, 0.717) is 0 Å². The van der Waals surface area contributed by atoms with Crippen LogP contribution in [0, 0.1) is 5.92 Å². The maximum atomic E-state index is 5.82. The number of hydrogen-bond acceptors (Lipinski definition) is 3. The monoisotopic (exact) mass is 262 g/mol. The molecule has 98 valence electrons. The number of fused-ring (bicyclic) bond motifs is 1. The molecule has 2 atom stereocenters. The van der Waals surface area contributed by atoms with E-state index < -0.39 is 0 Å². The molecule has 2 aliphatic heterocycles. The summed E-state index contributed by atoms with van der Waals surface area (Å²) in [7, 11) is 0. The summed E-state index contributed by atoms with van der Waals surface area (Å²) in [4.78, 5) is 4.13. The minimum absolute atomic E-state index is 0.725. The predicted molar refractivity (Wildman–Crippen MR) is 78.1 cm³/mol. The highest BCUT2D eigenvalue weighted by Gasteiger charge is 2.27. The highest BCUT2D eigenvalue weighted by Crippen LogP contribution is 2.39. The lowest BCUT2D eigenvalue weighted by Crippen LogP contribution is -2.40. The zero-order valence-corrected chi connectivity index (χ0v) is 11.7. The molecule has 3 heteroatoms. The van der Waals surface area contributed by atoms with E-state index in [2.05, 4.69) is 29.2 Å². The molecule has 1 fully saturated rings. The van der Waals surface area contributed by atoms with Crippen molar-refractivity contribution >= 4 is 11.8 Å². The summed E-state index contributed by atoms with van der Waals surface area (Å²) in [6.45, 7) is 4.55. The van der Waals surface area contributed by atoms with Crippen LogP contribution >= 0.6 is 11.8 Å². The van der Waals surface area contributed by atoms with Crippen LogP contribution in [-0.4, -0.2) is 36.8 Å². The van der Waals surface area contributed by atoms with Gasteiger partial charge in [-0.1, -0.05) is 18.2 Å². The molecule has 2 aliphatic rings. The summed E-state index contributed by atoms with van der Waals surface area (Å²) < 4.78 is 0. The summed E-state index contributed by atoms with van der Waals surface area (Å²) in [6.07, 6.45) is 2.65.